The summed E-state index contributed by atoms with van der Waals surface area (Å²) in [4.78, 5) is 16.5. The molecule has 0 atom stereocenters. The second-order valence-electron chi connectivity index (χ2n) is 4.64. The number of carbonyl (C=O) groups excluding carboxylic acids is 1. The number of anilines is 2. The number of nitrogens with one attached hydrogen (secondary N) is 2. The van der Waals surface area contributed by atoms with Crippen LogP contribution in [0.3, 0.4) is 0 Å². The maximum Gasteiger partial charge on any atom is 0.255 e. The third kappa shape index (κ3) is 4.82. The first-order valence-corrected chi connectivity index (χ1v) is 7.75. The van der Waals surface area contributed by atoms with E-state index in [2.05, 4.69) is 31.5 Å². The predicted octanol–water partition coefficient (Wildman–Crippen LogP) is 3.54. The maximum atomic E-state index is 12.3. The van der Waals surface area contributed by atoms with Crippen LogP contribution in [-0.2, 0) is 4.74 Å². The van der Waals surface area contributed by atoms with Gasteiger partial charge >= 0.3 is 0 Å². The molecule has 1 aromatic carbocycles. The predicted molar refractivity (Wildman–Crippen MR) is 91.3 cm³/mol. The number of ether oxygens (including phenoxy) is 1. The molecule has 0 aliphatic carbocycles. The number of hydrogen-bond acceptors (Lipinski definition) is 4. The summed E-state index contributed by atoms with van der Waals surface area (Å²) in [5.74, 6) is 0.505. The molecule has 0 unspecified atom stereocenters. The fraction of sp³-hybridized carbons (Fsp3) is 0.250. The molecule has 0 fully saturated rings. The van der Waals surface area contributed by atoms with E-state index in [1.807, 2.05) is 24.3 Å². The van der Waals surface area contributed by atoms with E-state index in [4.69, 9.17) is 4.74 Å². The van der Waals surface area contributed by atoms with Gasteiger partial charge in [0.2, 0.25) is 0 Å². The number of aromatic nitrogens is 1. The van der Waals surface area contributed by atoms with E-state index < -0.39 is 0 Å². The summed E-state index contributed by atoms with van der Waals surface area (Å²) in [7, 11) is 1.67. The minimum atomic E-state index is -0.172. The van der Waals surface area contributed by atoms with E-state index in [1.54, 1.807) is 25.4 Å². The van der Waals surface area contributed by atoms with Gasteiger partial charge in [-0.15, -0.1) is 0 Å². The van der Waals surface area contributed by atoms with Crippen molar-refractivity contribution in [2.24, 2.45) is 0 Å². The molecule has 0 saturated carbocycles. The number of hydrogen-bond donors (Lipinski definition) is 2. The van der Waals surface area contributed by atoms with Crippen LogP contribution in [0.2, 0.25) is 0 Å². The monoisotopic (exact) mass is 363 g/mol. The lowest BCUT2D eigenvalue weighted by Gasteiger charge is -2.09. The lowest BCUT2D eigenvalue weighted by molar-refractivity contribution is 0.102. The number of pyridine rings is 1. The molecule has 0 radical (unpaired) electrons. The fourth-order valence-corrected chi connectivity index (χ4v) is 2.24. The summed E-state index contributed by atoms with van der Waals surface area (Å²) in [5, 5.41) is 6.04. The van der Waals surface area contributed by atoms with Crippen LogP contribution < -0.4 is 10.6 Å². The number of carbonyl (C=O) groups is 1. The first kappa shape index (κ1) is 16.5. The summed E-state index contributed by atoms with van der Waals surface area (Å²) >= 11 is 3.41. The molecule has 2 N–H and O–H groups in total. The fourth-order valence-electron chi connectivity index (χ4n) is 1.86. The quantitative estimate of drug-likeness (QED) is 0.738. The van der Waals surface area contributed by atoms with Crippen molar-refractivity contribution in [3.05, 3.63) is 52.6 Å². The van der Waals surface area contributed by atoms with Crippen LogP contribution in [0.25, 0.3) is 0 Å². The Balaban J connectivity index is 1.99. The van der Waals surface area contributed by atoms with E-state index in [9.17, 15) is 4.79 Å². The van der Waals surface area contributed by atoms with Crippen molar-refractivity contribution < 1.29 is 9.53 Å². The topological polar surface area (TPSA) is 63.2 Å². The highest BCUT2D eigenvalue weighted by Gasteiger charge is 2.09. The first-order valence-electron chi connectivity index (χ1n) is 6.95. The van der Waals surface area contributed by atoms with Gasteiger partial charge in [0.15, 0.2) is 0 Å². The Morgan fingerprint density at radius 2 is 2.14 bits per heavy atom. The molecule has 0 aliphatic heterocycles. The first-order chi connectivity index (χ1) is 10.7. The van der Waals surface area contributed by atoms with Crippen LogP contribution in [0.4, 0.5) is 11.5 Å². The van der Waals surface area contributed by atoms with Gasteiger partial charge in [-0.25, -0.2) is 4.98 Å². The van der Waals surface area contributed by atoms with Crippen LogP contribution in [0.1, 0.15) is 16.8 Å². The molecular formula is C16H18BrN3O2. The highest BCUT2D eigenvalue weighted by atomic mass is 79.9. The number of benzene rings is 1. The summed E-state index contributed by atoms with van der Waals surface area (Å²) in [6.07, 6.45) is 2.50. The summed E-state index contributed by atoms with van der Waals surface area (Å²) < 4.78 is 5.83. The number of para-hydroxylation sites is 1. The number of rotatable bonds is 7. The molecule has 116 valence electrons. The van der Waals surface area contributed by atoms with Crippen molar-refractivity contribution in [3.63, 3.8) is 0 Å². The minimum Gasteiger partial charge on any atom is -0.385 e. The molecule has 0 aliphatic rings. The van der Waals surface area contributed by atoms with Gasteiger partial charge in [-0.05, 0) is 46.6 Å². The van der Waals surface area contributed by atoms with Gasteiger partial charge in [0.25, 0.3) is 5.91 Å². The van der Waals surface area contributed by atoms with Gasteiger partial charge in [-0.1, -0.05) is 12.1 Å². The maximum absolute atomic E-state index is 12.3. The lowest BCUT2D eigenvalue weighted by Crippen LogP contribution is -2.13. The zero-order valence-corrected chi connectivity index (χ0v) is 13.9. The summed E-state index contributed by atoms with van der Waals surface area (Å²) in [6.45, 7) is 1.44. The molecule has 1 heterocycles. The molecule has 6 heteroatoms. The molecule has 22 heavy (non-hydrogen) atoms. The smallest absolute Gasteiger partial charge is 0.255 e. The van der Waals surface area contributed by atoms with E-state index in [-0.39, 0.29) is 5.91 Å². The Bertz CT molecular complexity index is 634. The Kier molecular flexibility index (Phi) is 6.36. The van der Waals surface area contributed by atoms with Crippen molar-refractivity contribution >= 4 is 33.3 Å². The van der Waals surface area contributed by atoms with Crippen LogP contribution in [0.5, 0.6) is 0 Å². The zero-order valence-electron chi connectivity index (χ0n) is 12.3. The standard InChI is InChI=1S/C16H18BrN3O2/c1-22-10-4-8-18-15-11-12(7-9-19-15)16(21)20-14-6-3-2-5-13(14)17/h2-3,5-7,9,11H,4,8,10H2,1H3,(H,18,19)(H,20,21). The van der Waals surface area contributed by atoms with E-state index in [1.165, 1.54) is 0 Å². The van der Waals surface area contributed by atoms with Gasteiger partial charge in [0.05, 0.1) is 5.69 Å². The zero-order chi connectivity index (χ0) is 15.8. The summed E-state index contributed by atoms with van der Waals surface area (Å²) in [5.41, 5.74) is 1.29. The van der Waals surface area contributed by atoms with Gasteiger partial charge in [-0.3, -0.25) is 4.79 Å². The van der Waals surface area contributed by atoms with Crippen molar-refractivity contribution in [1.82, 2.24) is 4.98 Å². The van der Waals surface area contributed by atoms with Gasteiger partial charge in [0.1, 0.15) is 5.82 Å². The molecule has 1 amide bonds. The average Bonchev–Trinajstić information content (AvgIpc) is 2.54. The number of amides is 1. The molecule has 0 saturated heterocycles. The molecular weight excluding hydrogens is 346 g/mol. The number of halogens is 1. The van der Waals surface area contributed by atoms with E-state index in [0.717, 1.165) is 23.1 Å². The second kappa shape index (κ2) is 8.51. The lowest BCUT2D eigenvalue weighted by atomic mass is 10.2. The minimum absolute atomic E-state index is 0.172. The third-order valence-corrected chi connectivity index (χ3v) is 3.67. The van der Waals surface area contributed by atoms with E-state index in [0.29, 0.717) is 18.0 Å². The normalized spacial score (nSPS) is 10.3. The van der Waals surface area contributed by atoms with Gasteiger partial charge in [0, 0.05) is 36.5 Å². The molecule has 0 bridgehead atoms. The highest BCUT2D eigenvalue weighted by Crippen LogP contribution is 2.22. The Morgan fingerprint density at radius 1 is 1.32 bits per heavy atom. The summed E-state index contributed by atoms with van der Waals surface area (Å²) in [6, 6.07) is 10.9. The van der Waals surface area contributed by atoms with Crippen LogP contribution >= 0.6 is 15.9 Å². The second-order valence-corrected chi connectivity index (χ2v) is 5.49. The van der Waals surface area contributed by atoms with Crippen molar-refractivity contribution in [2.45, 2.75) is 6.42 Å². The molecule has 5 nitrogen and oxygen atoms in total. The molecule has 2 aromatic rings. The van der Waals surface area contributed by atoms with Gasteiger partial charge < -0.3 is 15.4 Å². The largest absolute Gasteiger partial charge is 0.385 e. The van der Waals surface area contributed by atoms with E-state index >= 15 is 0 Å². The highest BCUT2D eigenvalue weighted by molar-refractivity contribution is 9.10. The molecule has 2 rings (SSSR count). The van der Waals surface area contributed by atoms with Gasteiger partial charge in [-0.2, -0.15) is 0 Å². The van der Waals surface area contributed by atoms with Crippen LogP contribution in [0.15, 0.2) is 47.1 Å². The Hall–Kier alpha value is -1.92. The van der Waals surface area contributed by atoms with Crippen LogP contribution in [0, 0.1) is 0 Å². The Labute approximate surface area is 138 Å². The number of nitrogens with zero attached hydrogens (tertiary/aromatic N) is 1. The van der Waals surface area contributed by atoms with Crippen molar-refractivity contribution in [1.29, 1.82) is 0 Å². The molecule has 0 spiro atoms. The number of methoxy groups -OCH3 is 1. The Morgan fingerprint density at radius 3 is 2.91 bits per heavy atom. The van der Waals surface area contributed by atoms with Crippen molar-refractivity contribution in [3.8, 4) is 0 Å². The molecule has 1 aromatic heterocycles. The van der Waals surface area contributed by atoms with Crippen LogP contribution in [-0.4, -0.2) is 31.2 Å². The van der Waals surface area contributed by atoms with Crippen molar-refractivity contribution in [2.75, 3.05) is 30.9 Å². The SMILES string of the molecule is COCCCNc1cc(C(=O)Nc2ccccc2Br)ccn1. The average molecular weight is 364 g/mol. The third-order valence-electron chi connectivity index (χ3n) is 2.98.